The molecule has 43 heavy (non-hydrogen) atoms. The third kappa shape index (κ3) is 11.3. The largest absolute Gasteiger partial charge is 0.478 e. The van der Waals surface area contributed by atoms with Crippen LogP contribution >= 0.6 is 0 Å². The Morgan fingerprint density at radius 1 is 0.488 bits per heavy atom. The average molecular weight is 592 g/mol. The van der Waals surface area contributed by atoms with Crippen LogP contribution < -0.4 is 0 Å². The van der Waals surface area contributed by atoms with E-state index in [-0.39, 0.29) is 11.1 Å². The lowest BCUT2D eigenvalue weighted by Gasteiger charge is -2.07. The van der Waals surface area contributed by atoms with Crippen molar-refractivity contribution in [2.24, 2.45) is 0 Å². The van der Waals surface area contributed by atoms with Crippen LogP contribution in [0.15, 0.2) is 24.3 Å². The van der Waals surface area contributed by atoms with E-state index in [0.717, 1.165) is 60.4 Å². The van der Waals surface area contributed by atoms with Crippen molar-refractivity contribution in [1.82, 2.24) is 4.98 Å². The van der Waals surface area contributed by atoms with Gasteiger partial charge in [0, 0.05) is 10.8 Å². The van der Waals surface area contributed by atoms with Crippen molar-refractivity contribution < 1.29 is 19.8 Å². The number of benzene rings is 2. The van der Waals surface area contributed by atoms with E-state index in [2.05, 4.69) is 31.0 Å². The number of fused-ring (bicyclic) bond motifs is 3. The predicted molar refractivity (Wildman–Crippen MR) is 181 cm³/mol. The number of unbranched alkanes of at least 4 members (excludes halogenated alkanes) is 18. The van der Waals surface area contributed by atoms with Gasteiger partial charge in [0.1, 0.15) is 0 Å². The van der Waals surface area contributed by atoms with Crippen molar-refractivity contribution in [2.45, 2.75) is 155 Å². The second kappa shape index (κ2) is 19.5. The van der Waals surface area contributed by atoms with Gasteiger partial charge in [-0.25, -0.2) is 9.59 Å². The number of hydrogen-bond donors (Lipinski definition) is 3. The highest BCUT2D eigenvalue weighted by Crippen LogP contribution is 2.33. The van der Waals surface area contributed by atoms with Gasteiger partial charge in [-0.05, 0) is 61.1 Å². The van der Waals surface area contributed by atoms with E-state index in [1.165, 1.54) is 103 Å². The van der Waals surface area contributed by atoms with Crippen molar-refractivity contribution >= 4 is 33.7 Å². The van der Waals surface area contributed by atoms with Gasteiger partial charge in [0.25, 0.3) is 0 Å². The van der Waals surface area contributed by atoms with E-state index in [1.807, 2.05) is 0 Å². The summed E-state index contributed by atoms with van der Waals surface area (Å²) in [6.07, 6.45) is 27.0. The summed E-state index contributed by atoms with van der Waals surface area (Å²) in [6, 6.07) is 7.73. The summed E-state index contributed by atoms with van der Waals surface area (Å²) in [5.74, 6) is -1.96. The molecule has 3 aromatic rings. The molecule has 0 bridgehead atoms. The number of nitrogens with one attached hydrogen (secondary N) is 1. The monoisotopic (exact) mass is 591 g/mol. The van der Waals surface area contributed by atoms with Crippen molar-refractivity contribution in [3.63, 3.8) is 0 Å². The Kier molecular flexibility index (Phi) is 15.7. The van der Waals surface area contributed by atoms with Gasteiger partial charge in [-0.15, -0.1) is 0 Å². The van der Waals surface area contributed by atoms with Crippen LogP contribution in [0.2, 0.25) is 0 Å². The van der Waals surface area contributed by atoms with Gasteiger partial charge >= 0.3 is 11.9 Å². The average Bonchev–Trinajstić information content (AvgIpc) is 3.36. The van der Waals surface area contributed by atoms with E-state index in [0.29, 0.717) is 11.0 Å². The number of aromatic amines is 1. The number of aromatic nitrogens is 1. The Hall–Kier alpha value is -2.82. The molecule has 5 nitrogen and oxygen atoms in total. The maximum absolute atomic E-state index is 12.3. The molecule has 3 rings (SSSR count). The third-order valence-corrected chi connectivity index (χ3v) is 9.04. The maximum Gasteiger partial charge on any atom is 0.337 e. The number of hydrogen-bond acceptors (Lipinski definition) is 2. The minimum atomic E-state index is -0.982. The summed E-state index contributed by atoms with van der Waals surface area (Å²) in [6.45, 7) is 4.50. The first-order valence-electron chi connectivity index (χ1n) is 17.5. The first-order chi connectivity index (χ1) is 21.0. The van der Waals surface area contributed by atoms with Crippen LogP contribution in [-0.4, -0.2) is 27.1 Å². The molecule has 1 heterocycles. The Morgan fingerprint density at radius 3 is 1.09 bits per heavy atom. The molecule has 3 N–H and O–H groups in total. The first-order valence-corrected chi connectivity index (χ1v) is 17.5. The molecule has 0 unspecified atom stereocenters. The van der Waals surface area contributed by atoms with Crippen LogP contribution in [0, 0.1) is 0 Å². The number of aryl methyl sites for hydroxylation is 2. The van der Waals surface area contributed by atoms with Crippen LogP contribution in [0.3, 0.4) is 0 Å². The van der Waals surface area contributed by atoms with E-state index in [1.54, 1.807) is 12.1 Å². The lowest BCUT2D eigenvalue weighted by molar-refractivity contribution is 0.0688. The number of rotatable bonds is 24. The summed E-state index contributed by atoms with van der Waals surface area (Å²) in [5, 5.41) is 21.7. The lowest BCUT2D eigenvalue weighted by atomic mass is 9.97. The fourth-order valence-corrected chi connectivity index (χ4v) is 6.48. The van der Waals surface area contributed by atoms with Gasteiger partial charge in [0.05, 0.1) is 22.2 Å². The highest BCUT2D eigenvalue weighted by Gasteiger charge is 2.19. The van der Waals surface area contributed by atoms with E-state index >= 15 is 0 Å². The molecule has 0 amide bonds. The van der Waals surface area contributed by atoms with Crippen LogP contribution in [0.1, 0.15) is 174 Å². The van der Waals surface area contributed by atoms with Crippen molar-refractivity contribution in [1.29, 1.82) is 0 Å². The van der Waals surface area contributed by atoms with Crippen LogP contribution in [-0.2, 0) is 12.8 Å². The minimum Gasteiger partial charge on any atom is -0.478 e. The quantitative estimate of drug-likeness (QED) is 0.0904. The van der Waals surface area contributed by atoms with Crippen LogP contribution in [0.25, 0.3) is 21.8 Å². The molecule has 0 fully saturated rings. The molecule has 0 saturated carbocycles. The molecule has 0 aliphatic rings. The highest BCUT2D eigenvalue weighted by atomic mass is 16.4. The number of carboxylic acids is 2. The first kappa shape index (κ1) is 34.7. The van der Waals surface area contributed by atoms with E-state index in [4.69, 9.17) is 0 Å². The summed E-state index contributed by atoms with van der Waals surface area (Å²) >= 11 is 0. The minimum absolute atomic E-state index is 0.225. The van der Waals surface area contributed by atoms with Crippen LogP contribution in [0.4, 0.5) is 0 Å². The predicted octanol–water partition coefficient (Wildman–Crippen LogP) is 11.6. The molecule has 5 heteroatoms. The number of carboxylic acid groups (broad SMARTS) is 2. The zero-order valence-electron chi connectivity index (χ0n) is 27.1. The smallest absolute Gasteiger partial charge is 0.337 e. The molecule has 238 valence electrons. The standard InChI is InChI=1S/C38H57NO4/c1-3-5-7-9-11-13-15-17-19-21-23-29-25-31-32-26-30(24-22-20-18-16-14-12-10-8-6-4-2)28-34(38(42)43)36(32)39-35(31)33(27-29)37(40)41/h25-28,39H,3-24H2,1-2H3,(H,40,41)(H,42,43). The molecule has 0 spiro atoms. The molecule has 0 atom stereocenters. The van der Waals surface area contributed by atoms with Crippen LogP contribution in [0.5, 0.6) is 0 Å². The summed E-state index contributed by atoms with van der Waals surface area (Å²) in [5.41, 5.74) is 3.53. The summed E-state index contributed by atoms with van der Waals surface area (Å²) in [4.78, 5) is 27.7. The van der Waals surface area contributed by atoms with Gasteiger partial charge in [-0.2, -0.15) is 0 Å². The van der Waals surface area contributed by atoms with E-state index in [9.17, 15) is 19.8 Å². The van der Waals surface area contributed by atoms with Crippen molar-refractivity contribution in [3.05, 3.63) is 46.5 Å². The fraction of sp³-hybridized carbons (Fsp3) is 0.632. The third-order valence-electron chi connectivity index (χ3n) is 9.04. The molecule has 0 saturated heterocycles. The molecule has 0 aliphatic heterocycles. The molecule has 1 aromatic heterocycles. The molecular weight excluding hydrogens is 534 g/mol. The molecule has 0 radical (unpaired) electrons. The number of carbonyl (C=O) groups is 2. The number of H-pyrrole nitrogens is 1. The van der Waals surface area contributed by atoms with Gasteiger partial charge in [-0.3, -0.25) is 0 Å². The van der Waals surface area contributed by atoms with E-state index < -0.39 is 11.9 Å². The zero-order chi connectivity index (χ0) is 30.9. The van der Waals surface area contributed by atoms with Gasteiger partial charge in [0.2, 0.25) is 0 Å². The summed E-state index contributed by atoms with van der Waals surface area (Å²) < 4.78 is 0. The fourth-order valence-electron chi connectivity index (χ4n) is 6.48. The summed E-state index contributed by atoms with van der Waals surface area (Å²) in [7, 11) is 0. The van der Waals surface area contributed by atoms with Crippen molar-refractivity contribution in [3.8, 4) is 0 Å². The van der Waals surface area contributed by atoms with Crippen molar-refractivity contribution in [2.75, 3.05) is 0 Å². The molecule has 0 aliphatic carbocycles. The van der Waals surface area contributed by atoms with Gasteiger partial charge in [-0.1, -0.05) is 129 Å². The Bertz CT molecular complexity index is 1180. The molecule has 2 aromatic carbocycles. The normalized spacial score (nSPS) is 11.6. The van der Waals surface area contributed by atoms with Gasteiger partial charge < -0.3 is 15.2 Å². The molecular formula is C38H57NO4. The topological polar surface area (TPSA) is 90.4 Å². The lowest BCUT2D eigenvalue weighted by Crippen LogP contribution is -2.00. The SMILES string of the molecule is CCCCCCCCCCCCc1cc(C(=O)O)c2[nH]c3c(C(=O)O)cc(CCCCCCCCCCCC)cc3c2c1. The Morgan fingerprint density at radius 2 is 0.791 bits per heavy atom. The Balaban J connectivity index is 1.64. The zero-order valence-corrected chi connectivity index (χ0v) is 27.1. The second-order valence-corrected chi connectivity index (χ2v) is 12.7. The highest BCUT2D eigenvalue weighted by molar-refractivity contribution is 6.17. The van der Waals surface area contributed by atoms with Gasteiger partial charge in [0.15, 0.2) is 0 Å². The second-order valence-electron chi connectivity index (χ2n) is 12.7. The number of aromatic carboxylic acids is 2. The maximum atomic E-state index is 12.3. The Labute approximate surface area is 259 Å².